The smallest absolute Gasteiger partial charge is 0.323 e. The Kier molecular flexibility index (Phi) is 6.27. The van der Waals surface area contributed by atoms with E-state index in [-0.39, 0.29) is 5.82 Å². The molecule has 5 rings (SSSR count). The fraction of sp³-hybridized carbons (Fsp3) is 0.160. The van der Waals surface area contributed by atoms with Crippen molar-refractivity contribution >= 4 is 29.0 Å². The Morgan fingerprint density at radius 1 is 1.03 bits per heavy atom. The van der Waals surface area contributed by atoms with Crippen LogP contribution in [0.5, 0.6) is 0 Å². The van der Waals surface area contributed by atoms with Gasteiger partial charge in [-0.2, -0.15) is 0 Å². The van der Waals surface area contributed by atoms with Crippen molar-refractivity contribution in [1.29, 1.82) is 0 Å². The summed E-state index contributed by atoms with van der Waals surface area (Å²) in [6.07, 6.45) is 3.42. The first-order valence-corrected chi connectivity index (χ1v) is 11.1. The number of nitrogens with zero attached hydrogens (tertiary/aromatic N) is 3. The summed E-state index contributed by atoms with van der Waals surface area (Å²) >= 11 is 0. The monoisotopic (exact) mass is 473 g/mol. The fourth-order valence-electron chi connectivity index (χ4n) is 3.91. The van der Waals surface area contributed by atoms with Crippen molar-refractivity contribution in [3.05, 3.63) is 72.8 Å². The van der Waals surface area contributed by atoms with Crippen LogP contribution < -0.4 is 21.3 Å². The summed E-state index contributed by atoms with van der Waals surface area (Å²) in [4.78, 5) is 27.1. The van der Waals surface area contributed by atoms with Gasteiger partial charge in [-0.3, -0.25) is 4.98 Å². The van der Waals surface area contributed by atoms with Crippen molar-refractivity contribution in [2.45, 2.75) is 0 Å². The number of aromatic amines is 1. The summed E-state index contributed by atoms with van der Waals surface area (Å²) in [7, 11) is 0. The van der Waals surface area contributed by atoms with Crippen LogP contribution in [0.25, 0.3) is 22.5 Å². The number of imidazole rings is 1. The molecular weight excluding hydrogens is 449 g/mol. The largest absolute Gasteiger partial charge is 0.396 e. The van der Waals surface area contributed by atoms with Gasteiger partial charge in [-0.25, -0.2) is 14.2 Å². The molecule has 2 aromatic carbocycles. The topological polar surface area (TPSA) is 121 Å². The number of nitrogen functional groups attached to an aromatic ring is 1. The number of amides is 2. The van der Waals surface area contributed by atoms with Crippen LogP contribution in [0, 0.1) is 5.82 Å². The van der Waals surface area contributed by atoms with Crippen molar-refractivity contribution in [1.82, 2.24) is 15.0 Å². The molecular formula is C25H24FN7O2. The summed E-state index contributed by atoms with van der Waals surface area (Å²) in [6.45, 7) is 2.71. The lowest BCUT2D eigenvalue weighted by molar-refractivity contribution is 0.122. The number of carbonyl (C=O) groups is 1. The van der Waals surface area contributed by atoms with Crippen molar-refractivity contribution in [2.24, 2.45) is 0 Å². The van der Waals surface area contributed by atoms with Crippen molar-refractivity contribution in [2.75, 3.05) is 47.6 Å². The SMILES string of the molecule is Nc1c(NC(=O)Nc2ccc(F)cc2)cccc1-c1[nH]c(N2CCOCC2)nc1-c1ccncc1. The number of H-pyrrole nitrogens is 1. The molecule has 3 heterocycles. The molecule has 0 radical (unpaired) electrons. The molecule has 0 aliphatic carbocycles. The van der Waals surface area contributed by atoms with Crippen molar-refractivity contribution in [3.8, 4) is 22.5 Å². The quantitative estimate of drug-likeness (QED) is 0.320. The molecule has 4 aromatic rings. The van der Waals surface area contributed by atoms with Crippen LogP contribution in [0.3, 0.4) is 0 Å². The zero-order valence-electron chi connectivity index (χ0n) is 18.8. The van der Waals surface area contributed by atoms with E-state index in [0.717, 1.165) is 36.0 Å². The highest BCUT2D eigenvalue weighted by atomic mass is 19.1. The van der Waals surface area contributed by atoms with Gasteiger partial charge < -0.3 is 31.0 Å². The van der Waals surface area contributed by atoms with Gasteiger partial charge in [0.2, 0.25) is 5.95 Å². The average molecular weight is 474 g/mol. The second kappa shape index (κ2) is 9.82. The lowest BCUT2D eigenvalue weighted by Gasteiger charge is -2.26. The number of hydrogen-bond acceptors (Lipinski definition) is 6. The molecule has 1 aliphatic heterocycles. The Morgan fingerprint density at radius 2 is 1.77 bits per heavy atom. The second-order valence-electron chi connectivity index (χ2n) is 7.97. The molecule has 0 saturated carbocycles. The minimum atomic E-state index is -0.492. The second-order valence-corrected chi connectivity index (χ2v) is 7.97. The molecule has 178 valence electrons. The highest BCUT2D eigenvalue weighted by Crippen LogP contribution is 2.38. The fourth-order valence-corrected chi connectivity index (χ4v) is 3.91. The van der Waals surface area contributed by atoms with Crippen LogP contribution in [0.15, 0.2) is 67.0 Å². The van der Waals surface area contributed by atoms with Crippen LogP contribution in [0.4, 0.5) is 32.2 Å². The van der Waals surface area contributed by atoms with Crippen LogP contribution in [-0.4, -0.2) is 47.3 Å². The van der Waals surface area contributed by atoms with E-state index in [1.165, 1.54) is 24.3 Å². The number of pyridine rings is 1. The Balaban J connectivity index is 1.47. The number of morpholine rings is 1. The van der Waals surface area contributed by atoms with E-state index in [1.807, 2.05) is 24.3 Å². The van der Waals surface area contributed by atoms with E-state index < -0.39 is 6.03 Å². The number of urea groups is 1. The number of ether oxygens (including phenoxy) is 1. The lowest BCUT2D eigenvalue weighted by atomic mass is 10.0. The highest BCUT2D eigenvalue weighted by molar-refractivity contribution is 6.03. The Bertz CT molecular complexity index is 1320. The first kappa shape index (κ1) is 22.4. The summed E-state index contributed by atoms with van der Waals surface area (Å²) in [6, 6.07) is 14.2. The predicted molar refractivity (Wildman–Crippen MR) is 134 cm³/mol. The van der Waals surface area contributed by atoms with Gasteiger partial charge in [-0.15, -0.1) is 0 Å². The summed E-state index contributed by atoms with van der Waals surface area (Å²) in [5.74, 6) is 0.343. The number of nitrogens with two attached hydrogens (primary N) is 1. The number of aromatic nitrogens is 3. The van der Waals surface area contributed by atoms with Crippen molar-refractivity contribution in [3.63, 3.8) is 0 Å². The molecule has 10 heteroatoms. The van der Waals surface area contributed by atoms with Gasteiger partial charge in [0.15, 0.2) is 0 Å². The third-order valence-electron chi connectivity index (χ3n) is 5.68. The average Bonchev–Trinajstić information content (AvgIpc) is 3.33. The zero-order chi connectivity index (χ0) is 24.2. The molecule has 2 aromatic heterocycles. The van der Waals surface area contributed by atoms with Crippen LogP contribution in [0.1, 0.15) is 0 Å². The molecule has 2 amide bonds. The molecule has 9 nitrogen and oxygen atoms in total. The number of benzene rings is 2. The summed E-state index contributed by atoms with van der Waals surface area (Å²) < 4.78 is 18.6. The normalized spacial score (nSPS) is 13.5. The molecule has 35 heavy (non-hydrogen) atoms. The number of hydrogen-bond donors (Lipinski definition) is 4. The van der Waals surface area contributed by atoms with Gasteiger partial charge in [-0.1, -0.05) is 12.1 Å². The summed E-state index contributed by atoms with van der Waals surface area (Å²) in [5.41, 5.74) is 10.9. The molecule has 0 atom stereocenters. The number of nitrogens with one attached hydrogen (secondary N) is 3. The minimum Gasteiger partial charge on any atom is -0.396 e. The Labute approximate surface area is 201 Å². The lowest BCUT2D eigenvalue weighted by Crippen LogP contribution is -2.36. The van der Waals surface area contributed by atoms with Crippen LogP contribution >= 0.6 is 0 Å². The Hall–Kier alpha value is -4.44. The molecule has 0 bridgehead atoms. The Morgan fingerprint density at radius 3 is 2.51 bits per heavy atom. The van der Waals surface area contributed by atoms with Gasteiger partial charge >= 0.3 is 6.03 Å². The number of para-hydroxylation sites is 1. The number of halogens is 1. The first-order valence-electron chi connectivity index (χ1n) is 11.1. The molecule has 1 saturated heterocycles. The number of carbonyl (C=O) groups excluding carboxylic acids is 1. The molecule has 1 aliphatic rings. The third-order valence-corrected chi connectivity index (χ3v) is 5.68. The van der Waals surface area contributed by atoms with Crippen LogP contribution in [0.2, 0.25) is 0 Å². The number of rotatable bonds is 5. The van der Waals surface area contributed by atoms with E-state index in [1.54, 1.807) is 18.5 Å². The maximum atomic E-state index is 13.1. The van der Waals surface area contributed by atoms with E-state index in [0.29, 0.717) is 35.8 Å². The first-order chi connectivity index (χ1) is 17.1. The maximum Gasteiger partial charge on any atom is 0.323 e. The van der Waals surface area contributed by atoms with E-state index in [4.69, 9.17) is 15.5 Å². The van der Waals surface area contributed by atoms with Gasteiger partial charge in [0.25, 0.3) is 0 Å². The van der Waals surface area contributed by atoms with E-state index >= 15 is 0 Å². The molecule has 0 spiro atoms. The van der Waals surface area contributed by atoms with Gasteiger partial charge in [0.1, 0.15) is 5.82 Å². The van der Waals surface area contributed by atoms with E-state index in [9.17, 15) is 9.18 Å². The predicted octanol–water partition coefficient (Wildman–Crippen LogP) is 4.34. The maximum absolute atomic E-state index is 13.1. The molecule has 0 unspecified atom stereocenters. The summed E-state index contributed by atoms with van der Waals surface area (Å²) in [5, 5.41) is 5.44. The number of anilines is 4. The highest BCUT2D eigenvalue weighted by Gasteiger charge is 2.22. The van der Waals surface area contributed by atoms with Gasteiger partial charge in [-0.05, 0) is 42.5 Å². The minimum absolute atomic E-state index is 0.381. The third kappa shape index (κ3) is 4.92. The van der Waals surface area contributed by atoms with Crippen LogP contribution in [-0.2, 0) is 4.74 Å². The van der Waals surface area contributed by atoms with E-state index in [2.05, 4.69) is 25.5 Å². The van der Waals surface area contributed by atoms with Gasteiger partial charge in [0, 0.05) is 42.3 Å². The standard InChI is InChI=1S/C25H24FN7O2/c26-17-4-6-18(7-5-17)29-25(34)30-20-3-1-2-19(21(20)27)23-22(16-8-10-28-11-9-16)31-24(32-23)33-12-14-35-15-13-33/h1-11H,12-15,27H2,(H,31,32)(H2,29,30,34). The molecule has 1 fully saturated rings. The van der Waals surface area contributed by atoms with Crippen molar-refractivity contribution < 1.29 is 13.9 Å². The zero-order valence-corrected chi connectivity index (χ0v) is 18.8. The van der Waals surface area contributed by atoms with Gasteiger partial charge in [0.05, 0.1) is 36.0 Å². The molecule has 5 N–H and O–H groups in total.